The highest BCUT2D eigenvalue weighted by Crippen LogP contribution is 2.23. The molecule has 0 aliphatic rings. The Morgan fingerprint density at radius 1 is 0.717 bits per heavy atom. The molecule has 0 amide bonds. The van der Waals surface area contributed by atoms with Crippen molar-refractivity contribution >= 4 is 23.1 Å². The number of esters is 1. The van der Waals surface area contributed by atoms with E-state index in [1.807, 2.05) is 91.0 Å². The molecule has 234 valence electrons. The number of rotatable bonds is 15. The van der Waals surface area contributed by atoms with Gasteiger partial charge in [0.2, 0.25) is 0 Å². The van der Waals surface area contributed by atoms with Gasteiger partial charge in [-0.2, -0.15) is 0 Å². The molecule has 1 atom stereocenters. The number of carbonyl (C=O) groups excluding carboxylic acids is 2. The van der Waals surface area contributed by atoms with Gasteiger partial charge in [0, 0.05) is 35.5 Å². The summed E-state index contributed by atoms with van der Waals surface area (Å²) in [6.07, 6.45) is 0.364. The summed E-state index contributed by atoms with van der Waals surface area (Å²) >= 11 is 0. The Morgan fingerprint density at radius 3 is 2.13 bits per heavy atom. The minimum absolute atomic E-state index is 0.122. The lowest BCUT2D eigenvalue weighted by atomic mass is 10.00. The first-order chi connectivity index (χ1) is 22.5. The maximum atomic E-state index is 13.2. The van der Waals surface area contributed by atoms with Crippen molar-refractivity contribution in [2.75, 3.05) is 37.6 Å². The fraction of sp³-hybridized carbons (Fsp3) is 0.179. The average Bonchev–Trinajstić information content (AvgIpc) is 3.12. The number of methoxy groups -OCH3 is 2. The number of para-hydroxylation sites is 2. The van der Waals surface area contributed by atoms with Crippen LogP contribution in [0.15, 0.2) is 133 Å². The normalized spacial score (nSPS) is 11.3. The number of hydrogen-bond acceptors (Lipinski definition) is 7. The Morgan fingerprint density at radius 2 is 1.41 bits per heavy atom. The molecule has 7 heteroatoms. The SMILES string of the molecule is COC(=O)C(Cc1ccc(OCCN(Cc2cccc(OC)c2)c2ccccc2)cc1)Nc1ccccc1C(=O)c1ccccc1. The van der Waals surface area contributed by atoms with Crippen LogP contribution >= 0.6 is 0 Å². The number of nitrogens with zero attached hydrogens (tertiary/aromatic N) is 1. The van der Waals surface area contributed by atoms with E-state index in [-0.39, 0.29) is 5.78 Å². The van der Waals surface area contributed by atoms with Crippen molar-refractivity contribution in [2.45, 2.75) is 19.0 Å². The van der Waals surface area contributed by atoms with Gasteiger partial charge in [0.1, 0.15) is 24.1 Å². The lowest BCUT2D eigenvalue weighted by Gasteiger charge is -2.25. The fourth-order valence-electron chi connectivity index (χ4n) is 5.24. The molecule has 1 N–H and O–H groups in total. The predicted molar refractivity (Wildman–Crippen MR) is 182 cm³/mol. The van der Waals surface area contributed by atoms with E-state index in [2.05, 4.69) is 28.4 Å². The van der Waals surface area contributed by atoms with E-state index in [0.717, 1.165) is 28.3 Å². The largest absolute Gasteiger partial charge is 0.497 e. The Hall–Kier alpha value is -5.56. The Bertz CT molecular complexity index is 1710. The minimum atomic E-state index is -0.697. The second-order valence-electron chi connectivity index (χ2n) is 10.8. The molecule has 0 spiro atoms. The summed E-state index contributed by atoms with van der Waals surface area (Å²) in [5.41, 5.74) is 4.82. The first kappa shape index (κ1) is 31.9. The monoisotopic (exact) mass is 614 g/mol. The van der Waals surface area contributed by atoms with Gasteiger partial charge in [0.15, 0.2) is 5.78 Å². The van der Waals surface area contributed by atoms with E-state index in [9.17, 15) is 9.59 Å². The highest BCUT2D eigenvalue weighted by molar-refractivity contribution is 6.12. The third kappa shape index (κ3) is 8.54. The molecule has 0 bridgehead atoms. The molecule has 5 aromatic rings. The van der Waals surface area contributed by atoms with Gasteiger partial charge in [-0.15, -0.1) is 0 Å². The predicted octanol–water partition coefficient (Wildman–Crippen LogP) is 7.21. The first-order valence-electron chi connectivity index (χ1n) is 15.2. The number of benzene rings is 5. The summed E-state index contributed by atoms with van der Waals surface area (Å²) in [6.45, 7) is 1.88. The van der Waals surface area contributed by atoms with E-state index in [1.165, 1.54) is 7.11 Å². The second-order valence-corrected chi connectivity index (χ2v) is 10.8. The molecular formula is C39H38N2O5. The summed E-state index contributed by atoms with van der Waals surface area (Å²) in [5.74, 6) is 1.03. The number of ether oxygens (including phenoxy) is 3. The highest BCUT2D eigenvalue weighted by Gasteiger charge is 2.22. The van der Waals surface area contributed by atoms with Crippen molar-refractivity contribution in [3.63, 3.8) is 0 Å². The first-order valence-corrected chi connectivity index (χ1v) is 15.2. The molecule has 5 aromatic carbocycles. The number of hydrogen-bond donors (Lipinski definition) is 1. The highest BCUT2D eigenvalue weighted by atomic mass is 16.5. The lowest BCUT2D eigenvalue weighted by molar-refractivity contribution is -0.141. The van der Waals surface area contributed by atoms with E-state index in [0.29, 0.717) is 42.9 Å². The average molecular weight is 615 g/mol. The molecule has 0 radical (unpaired) electrons. The third-order valence-corrected chi connectivity index (χ3v) is 7.65. The van der Waals surface area contributed by atoms with Crippen LogP contribution in [0.2, 0.25) is 0 Å². The minimum Gasteiger partial charge on any atom is -0.497 e. The molecular weight excluding hydrogens is 576 g/mol. The van der Waals surface area contributed by atoms with Gasteiger partial charge in [-0.25, -0.2) is 4.79 Å². The van der Waals surface area contributed by atoms with Gasteiger partial charge in [-0.1, -0.05) is 84.9 Å². The summed E-state index contributed by atoms with van der Waals surface area (Å²) in [5, 5.41) is 3.26. The fourth-order valence-corrected chi connectivity index (χ4v) is 5.24. The maximum Gasteiger partial charge on any atom is 0.328 e. The number of carbonyl (C=O) groups is 2. The molecule has 1 unspecified atom stereocenters. The summed E-state index contributed by atoms with van der Waals surface area (Å²) in [7, 11) is 3.04. The molecule has 0 fully saturated rings. The third-order valence-electron chi connectivity index (χ3n) is 7.65. The smallest absolute Gasteiger partial charge is 0.328 e. The van der Waals surface area contributed by atoms with Crippen LogP contribution in [0.4, 0.5) is 11.4 Å². The maximum absolute atomic E-state index is 13.2. The molecule has 0 heterocycles. The quantitative estimate of drug-likeness (QED) is 0.0987. The lowest BCUT2D eigenvalue weighted by Crippen LogP contribution is -2.33. The van der Waals surface area contributed by atoms with E-state index >= 15 is 0 Å². The van der Waals surface area contributed by atoms with E-state index in [4.69, 9.17) is 14.2 Å². The van der Waals surface area contributed by atoms with Crippen LogP contribution in [0, 0.1) is 0 Å². The van der Waals surface area contributed by atoms with Crippen LogP contribution in [-0.4, -0.2) is 45.2 Å². The zero-order valence-electron chi connectivity index (χ0n) is 26.1. The van der Waals surface area contributed by atoms with E-state index < -0.39 is 12.0 Å². The molecule has 5 rings (SSSR count). The van der Waals surface area contributed by atoms with Crippen LogP contribution in [-0.2, 0) is 22.5 Å². The van der Waals surface area contributed by atoms with Gasteiger partial charge in [-0.3, -0.25) is 4.79 Å². The summed E-state index contributed by atoms with van der Waals surface area (Å²) in [6, 6.07) is 41.6. The van der Waals surface area contributed by atoms with Gasteiger partial charge in [0.05, 0.1) is 20.8 Å². The van der Waals surface area contributed by atoms with Crippen molar-refractivity contribution in [1.82, 2.24) is 0 Å². The van der Waals surface area contributed by atoms with Gasteiger partial charge < -0.3 is 24.4 Å². The van der Waals surface area contributed by atoms with E-state index in [1.54, 1.807) is 31.4 Å². The molecule has 0 saturated carbocycles. The van der Waals surface area contributed by atoms with Gasteiger partial charge >= 0.3 is 5.97 Å². The topological polar surface area (TPSA) is 77.1 Å². The Balaban J connectivity index is 1.22. The molecule has 46 heavy (non-hydrogen) atoms. The Labute approximate surface area is 270 Å². The van der Waals surface area contributed by atoms with Crippen LogP contribution in [0.1, 0.15) is 27.0 Å². The number of nitrogens with one attached hydrogen (secondary N) is 1. The molecule has 0 aliphatic heterocycles. The van der Waals surface area contributed by atoms with Crippen molar-refractivity contribution in [2.24, 2.45) is 0 Å². The van der Waals surface area contributed by atoms with Crippen LogP contribution in [0.5, 0.6) is 11.5 Å². The summed E-state index contributed by atoms with van der Waals surface area (Å²) in [4.78, 5) is 28.3. The molecule has 0 aliphatic carbocycles. The van der Waals surface area contributed by atoms with Crippen molar-refractivity contribution in [3.05, 3.63) is 156 Å². The zero-order valence-corrected chi connectivity index (χ0v) is 26.1. The zero-order chi connectivity index (χ0) is 32.1. The molecule has 7 nitrogen and oxygen atoms in total. The number of anilines is 2. The van der Waals surface area contributed by atoms with Crippen LogP contribution < -0.4 is 19.7 Å². The molecule has 0 saturated heterocycles. The van der Waals surface area contributed by atoms with Crippen molar-refractivity contribution in [3.8, 4) is 11.5 Å². The standard InChI is InChI=1S/C39H38N2O5/c1-44-34-17-11-12-30(26-34)28-41(32-15-7-4-8-16-32)24-25-46-33-22-20-29(21-23-33)27-37(39(43)45-2)40-36-19-10-9-18-35(36)38(42)31-13-5-3-6-14-31/h3-23,26,37,40H,24-25,27-28H2,1-2H3. The molecule has 0 aromatic heterocycles. The van der Waals surface area contributed by atoms with Crippen molar-refractivity contribution in [1.29, 1.82) is 0 Å². The number of ketones is 1. The van der Waals surface area contributed by atoms with Crippen LogP contribution in [0.3, 0.4) is 0 Å². The second kappa shape index (κ2) is 16.0. The van der Waals surface area contributed by atoms with Crippen LogP contribution in [0.25, 0.3) is 0 Å². The summed E-state index contributed by atoms with van der Waals surface area (Å²) < 4.78 is 16.7. The van der Waals surface area contributed by atoms with Gasteiger partial charge in [0.25, 0.3) is 0 Å². The van der Waals surface area contributed by atoms with Crippen molar-refractivity contribution < 1.29 is 23.8 Å². The Kier molecular flexibility index (Phi) is 11.0. The van der Waals surface area contributed by atoms with Gasteiger partial charge in [-0.05, 0) is 59.7 Å².